The van der Waals surface area contributed by atoms with Crippen molar-refractivity contribution in [2.45, 2.75) is 46.0 Å². The number of benzene rings is 11. The zero-order valence-corrected chi connectivity index (χ0v) is 37.5. The Morgan fingerprint density at radius 2 is 0.746 bits per heavy atom. The summed E-state index contributed by atoms with van der Waals surface area (Å²) in [4.78, 5) is 0. The highest BCUT2D eigenvalue weighted by molar-refractivity contribution is 6.45. The molecule has 0 amide bonds. The van der Waals surface area contributed by atoms with Crippen molar-refractivity contribution in [1.29, 1.82) is 0 Å². The zero-order valence-electron chi connectivity index (χ0n) is 37.5. The van der Waals surface area contributed by atoms with Gasteiger partial charge in [0.15, 0.2) is 0 Å². The Morgan fingerprint density at radius 1 is 0.239 bits per heavy atom. The van der Waals surface area contributed by atoms with E-state index in [-0.39, 0.29) is 18.3 Å². The molecule has 0 fully saturated rings. The van der Waals surface area contributed by atoms with Crippen LogP contribution in [-0.2, 0) is 10.8 Å². The van der Waals surface area contributed by atoms with E-state index in [9.17, 15) is 0 Å². The van der Waals surface area contributed by atoms with Gasteiger partial charge in [0.25, 0.3) is 0 Å². The van der Waals surface area contributed by atoms with Gasteiger partial charge in [-0.3, -0.25) is 0 Å². The van der Waals surface area contributed by atoms with Crippen molar-refractivity contribution in [2.24, 2.45) is 0 Å². The Balaban J connectivity index is 0.00000427. The maximum Gasteiger partial charge on any atom is 0.0159 e. The number of hydrogen-bond acceptors (Lipinski definition) is 0. The average molecular weight is 853 g/mol. The maximum absolute atomic E-state index is 2.57. The predicted molar refractivity (Wildman–Crippen MR) is 290 cm³/mol. The van der Waals surface area contributed by atoms with E-state index in [2.05, 4.69) is 222 Å². The highest BCUT2D eigenvalue weighted by atomic mass is 14.4. The van der Waals surface area contributed by atoms with Crippen molar-refractivity contribution in [3.63, 3.8) is 0 Å². The lowest BCUT2D eigenvalue weighted by Crippen LogP contribution is -2.14. The lowest BCUT2D eigenvalue weighted by molar-refractivity contribution is 0.660. The van der Waals surface area contributed by atoms with E-state index in [1.165, 1.54) is 153 Å². The van der Waals surface area contributed by atoms with Crippen molar-refractivity contribution in [3.05, 3.63) is 216 Å². The fourth-order valence-corrected chi connectivity index (χ4v) is 13.4. The second kappa shape index (κ2) is 13.2. The minimum atomic E-state index is -0.0817. The first-order valence-corrected chi connectivity index (χ1v) is 23.6. The van der Waals surface area contributed by atoms with Crippen LogP contribution >= 0.6 is 0 Å². The monoisotopic (exact) mass is 852 g/mol. The smallest absolute Gasteiger partial charge is 0.0159 e. The second-order valence-corrected chi connectivity index (χ2v) is 20.2. The van der Waals surface area contributed by atoms with Gasteiger partial charge in [0, 0.05) is 10.8 Å². The van der Waals surface area contributed by atoms with Gasteiger partial charge < -0.3 is 0 Å². The van der Waals surface area contributed by atoms with Crippen LogP contribution in [0.4, 0.5) is 0 Å². The highest BCUT2D eigenvalue weighted by Crippen LogP contribution is 2.57. The van der Waals surface area contributed by atoms with Crippen molar-refractivity contribution >= 4 is 75.4 Å². The SMILES string of the molecule is C.CC1(C)c2ccccc2-c2cc(-c3c4cc5c6ccccc6c6cccc(c4c(-c4ccccc4)c4c7ccc(-c8ccc9c(c8)C(C)(C)c8ccccc8-9)c8cccc(c34)c87)c65)ccc21. The normalized spacial score (nSPS) is 14.4. The first-order valence-electron chi connectivity index (χ1n) is 23.6. The van der Waals surface area contributed by atoms with Crippen molar-refractivity contribution in [3.8, 4) is 55.6 Å². The molecule has 0 heterocycles. The van der Waals surface area contributed by atoms with Gasteiger partial charge in [-0.2, -0.15) is 0 Å². The van der Waals surface area contributed by atoms with E-state index >= 15 is 0 Å². The molecule has 0 aliphatic heterocycles. The average Bonchev–Trinajstić information content (AvgIpc) is 4.01. The number of fused-ring (bicyclic) bond motifs is 14. The van der Waals surface area contributed by atoms with Crippen molar-refractivity contribution < 1.29 is 0 Å². The first kappa shape index (κ1) is 38.5. The summed E-state index contributed by atoms with van der Waals surface area (Å²) in [6, 6.07) is 74.5. The van der Waals surface area contributed by atoms with Gasteiger partial charge in [0.1, 0.15) is 0 Å². The lowest BCUT2D eigenvalue weighted by atomic mass is 9.81. The van der Waals surface area contributed by atoms with Gasteiger partial charge in [0.2, 0.25) is 0 Å². The van der Waals surface area contributed by atoms with E-state index < -0.39 is 0 Å². The third kappa shape index (κ3) is 4.78. The Bertz CT molecular complexity index is 4250. The summed E-state index contributed by atoms with van der Waals surface area (Å²) in [5.41, 5.74) is 18.6. The highest BCUT2D eigenvalue weighted by Gasteiger charge is 2.37. The molecule has 0 unspecified atom stereocenters. The number of hydrogen-bond donors (Lipinski definition) is 0. The molecule has 0 N–H and O–H groups in total. The molecular formula is C67H48. The fourth-order valence-electron chi connectivity index (χ4n) is 13.4. The minimum absolute atomic E-state index is 0. The lowest BCUT2D eigenvalue weighted by Gasteiger charge is -2.22. The summed E-state index contributed by atoms with van der Waals surface area (Å²) in [7, 11) is 0. The van der Waals surface area contributed by atoms with Gasteiger partial charge in [-0.15, -0.1) is 0 Å². The Morgan fingerprint density at radius 3 is 1.51 bits per heavy atom. The molecule has 0 nitrogen and oxygen atoms in total. The van der Waals surface area contributed by atoms with Gasteiger partial charge in [-0.25, -0.2) is 0 Å². The van der Waals surface area contributed by atoms with E-state index in [0.717, 1.165) is 0 Å². The van der Waals surface area contributed by atoms with Crippen LogP contribution in [0.2, 0.25) is 0 Å². The van der Waals surface area contributed by atoms with E-state index in [1.54, 1.807) is 0 Å². The van der Waals surface area contributed by atoms with Crippen LogP contribution in [0, 0.1) is 0 Å². The van der Waals surface area contributed by atoms with Crippen LogP contribution in [0.15, 0.2) is 194 Å². The topological polar surface area (TPSA) is 0 Å². The van der Waals surface area contributed by atoms with Gasteiger partial charge in [-0.05, 0) is 171 Å². The van der Waals surface area contributed by atoms with Gasteiger partial charge in [-0.1, -0.05) is 211 Å². The molecule has 2 aliphatic rings. The Kier molecular flexibility index (Phi) is 7.57. The standard InChI is InChI=1S/C66H44.CH4/c1-65(2)55-27-13-11-21-44(55)51-34-39(29-33-56(51)65)58-53-36-52-42-19-9-8-18-41(42)47-23-15-24-48(61(47)52)62(53)59(37-16-6-5-7-17-37)64-50-32-31-40(46-22-14-25-49(60(46)50)63(58)64)38-28-30-45-43-20-10-12-26-54(43)66(3,4)57(45)35-38;/h5-36H,1-4H3;1H4. The molecule has 316 valence electrons. The molecule has 0 radical (unpaired) electrons. The van der Waals surface area contributed by atoms with Crippen LogP contribution in [0.3, 0.4) is 0 Å². The molecule has 0 saturated carbocycles. The molecule has 15 rings (SSSR count). The quantitative estimate of drug-likeness (QED) is 0.155. The van der Waals surface area contributed by atoms with E-state index in [0.29, 0.717) is 0 Å². The summed E-state index contributed by atoms with van der Waals surface area (Å²) in [5.74, 6) is 0. The Labute approximate surface area is 391 Å². The third-order valence-electron chi connectivity index (χ3n) is 16.3. The first-order chi connectivity index (χ1) is 32.3. The summed E-state index contributed by atoms with van der Waals surface area (Å²) < 4.78 is 0. The van der Waals surface area contributed by atoms with Crippen LogP contribution in [-0.4, -0.2) is 0 Å². The van der Waals surface area contributed by atoms with Crippen LogP contribution < -0.4 is 0 Å². The maximum atomic E-state index is 2.57. The predicted octanol–water partition coefficient (Wildman–Crippen LogP) is 18.9. The third-order valence-corrected chi connectivity index (χ3v) is 16.3. The molecule has 0 saturated heterocycles. The fraction of sp³-hybridized carbons (Fsp3) is 0.104. The summed E-state index contributed by atoms with van der Waals surface area (Å²) in [5, 5.41) is 18.6. The van der Waals surface area contributed by atoms with Crippen LogP contribution in [0.25, 0.3) is 131 Å². The Hall–Kier alpha value is -7.80. The molecule has 0 heteroatoms. The summed E-state index contributed by atoms with van der Waals surface area (Å²) >= 11 is 0. The molecule has 0 atom stereocenters. The van der Waals surface area contributed by atoms with E-state index in [1.807, 2.05) is 0 Å². The van der Waals surface area contributed by atoms with Gasteiger partial charge >= 0.3 is 0 Å². The second-order valence-electron chi connectivity index (χ2n) is 20.2. The molecular weight excluding hydrogens is 805 g/mol. The van der Waals surface area contributed by atoms with Gasteiger partial charge in [0.05, 0.1) is 0 Å². The summed E-state index contributed by atoms with van der Waals surface area (Å²) in [6.07, 6.45) is 0. The molecule has 2 aliphatic carbocycles. The summed E-state index contributed by atoms with van der Waals surface area (Å²) in [6.45, 7) is 9.55. The molecule has 13 aromatic carbocycles. The van der Waals surface area contributed by atoms with Crippen molar-refractivity contribution in [2.75, 3.05) is 0 Å². The molecule has 13 aromatic rings. The van der Waals surface area contributed by atoms with Crippen molar-refractivity contribution in [1.82, 2.24) is 0 Å². The zero-order chi connectivity index (χ0) is 43.8. The van der Waals surface area contributed by atoms with Crippen LogP contribution in [0.1, 0.15) is 57.4 Å². The molecule has 0 spiro atoms. The van der Waals surface area contributed by atoms with Crippen LogP contribution in [0.5, 0.6) is 0 Å². The molecule has 67 heavy (non-hydrogen) atoms. The molecule has 0 bridgehead atoms. The van der Waals surface area contributed by atoms with E-state index in [4.69, 9.17) is 0 Å². The largest absolute Gasteiger partial charge is 0.0776 e. The minimum Gasteiger partial charge on any atom is -0.0776 e. The number of rotatable bonds is 3. The molecule has 0 aromatic heterocycles.